The zero-order chi connectivity index (χ0) is 12.1. The van der Waals surface area contributed by atoms with Crippen molar-refractivity contribution in [3.63, 3.8) is 0 Å². The van der Waals surface area contributed by atoms with Crippen LogP contribution in [0.5, 0.6) is 23.0 Å². The van der Waals surface area contributed by atoms with E-state index in [2.05, 4.69) is 0 Å². The van der Waals surface area contributed by atoms with Gasteiger partial charge in [-0.05, 0) is 24.3 Å². The second kappa shape index (κ2) is 5.25. The number of hydrogen-bond donors (Lipinski definition) is 0. The highest BCUT2D eigenvalue weighted by molar-refractivity contribution is 5.43. The molecule has 88 valence electrons. The molecule has 2 aromatic carbocycles. The van der Waals surface area contributed by atoms with E-state index in [4.69, 9.17) is 14.2 Å². The van der Waals surface area contributed by atoms with Gasteiger partial charge in [0.2, 0.25) is 0 Å². The Labute approximate surface area is 101 Å². The van der Waals surface area contributed by atoms with Crippen molar-refractivity contribution in [3.8, 4) is 23.0 Å². The van der Waals surface area contributed by atoms with E-state index in [0.717, 1.165) is 5.75 Å². The Morgan fingerprint density at radius 1 is 0.706 bits per heavy atom. The summed E-state index contributed by atoms with van der Waals surface area (Å²) in [6.45, 7) is 0. The molecule has 0 fully saturated rings. The third-order valence-corrected chi connectivity index (χ3v) is 2.34. The predicted molar refractivity (Wildman–Crippen MR) is 66.1 cm³/mol. The van der Waals surface area contributed by atoms with Crippen LogP contribution in [-0.2, 0) is 0 Å². The molecule has 0 amide bonds. The van der Waals surface area contributed by atoms with E-state index in [9.17, 15) is 0 Å². The van der Waals surface area contributed by atoms with Gasteiger partial charge in [0, 0.05) is 6.07 Å². The van der Waals surface area contributed by atoms with Crippen molar-refractivity contribution in [1.82, 2.24) is 0 Å². The lowest BCUT2D eigenvalue weighted by Crippen LogP contribution is -1.90. The molecule has 0 aromatic heterocycles. The summed E-state index contributed by atoms with van der Waals surface area (Å²) >= 11 is 0. The molecule has 0 aliphatic heterocycles. The van der Waals surface area contributed by atoms with Crippen molar-refractivity contribution >= 4 is 0 Å². The van der Waals surface area contributed by atoms with Crippen molar-refractivity contribution in [2.75, 3.05) is 14.2 Å². The molecule has 17 heavy (non-hydrogen) atoms. The Morgan fingerprint density at radius 2 is 1.41 bits per heavy atom. The summed E-state index contributed by atoms with van der Waals surface area (Å²) in [5, 5.41) is 0. The molecule has 0 aliphatic carbocycles. The maximum absolute atomic E-state index is 5.74. The van der Waals surface area contributed by atoms with Crippen LogP contribution in [0.4, 0.5) is 0 Å². The molecule has 2 aromatic rings. The molecule has 0 bridgehead atoms. The first-order valence-corrected chi connectivity index (χ1v) is 5.28. The van der Waals surface area contributed by atoms with Crippen LogP contribution in [0.3, 0.4) is 0 Å². The van der Waals surface area contributed by atoms with Gasteiger partial charge in [-0.2, -0.15) is 0 Å². The van der Waals surface area contributed by atoms with Gasteiger partial charge < -0.3 is 14.2 Å². The molecular formula is C14H14O3. The fraction of sp³-hybridized carbons (Fsp3) is 0.143. The molecular weight excluding hydrogens is 216 g/mol. The standard InChI is InChI=1S/C14H14O3/c1-15-11-6-5-7-12(10-11)17-14-9-4-3-8-13(14)16-2/h3-10H,1-2H3. The smallest absolute Gasteiger partial charge is 0.169 e. The lowest BCUT2D eigenvalue weighted by Gasteiger charge is -2.10. The molecule has 3 heteroatoms. The quantitative estimate of drug-likeness (QED) is 0.804. The third kappa shape index (κ3) is 2.69. The monoisotopic (exact) mass is 230 g/mol. The number of rotatable bonds is 4. The number of ether oxygens (including phenoxy) is 3. The van der Waals surface area contributed by atoms with Crippen LogP contribution in [0.1, 0.15) is 0 Å². The first kappa shape index (κ1) is 11.3. The van der Waals surface area contributed by atoms with Gasteiger partial charge in [-0.15, -0.1) is 0 Å². The van der Waals surface area contributed by atoms with Gasteiger partial charge in [0.15, 0.2) is 11.5 Å². The van der Waals surface area contributed by atoms with Crippen LogP contribution >= 0.6 is 0 Å². The summed E-state index contributed by atoms with van der Waals surface area (Å²) in [4.78, 5) is 0. The molecule has 0 N–H and O–H groups in total. The van der Waals surface area contributed by atoms with Crippen molar-refractivity contribution in [1.29, 1.82) is 0 Å². The highest BCUT2D eigenvalue weighted by Gasteiger charge is 2.04. The number of hydrogen-bond acceptors (Lipinski definition) is 3. The molecule has 3 nitrogen and oxygen atoms in total. The Morgan fingerprint density at radius 3 is 2.12 bits per heavy atom. The topological polar surface area (TPSA) is 27.7 Å². The fourth-order valence-electron chi connectivity index (χ4n) is 1.49. The highest BCUT2D eigenvalue weighted by Crippen LogP contribution is 2.32. The Hall–Kier alpha value is -2.16. The maximum atomic E-state index is 5.74. The normalized spacial score (nSPS) is 9.76. The number of para-hydroxylation sites is 2. The van der Waals surface area contributed by atoms with Gasteiger partial charge in [0.25, 0.3) is 0 Å². The average molecular weight is 230 g/mol. The second-order valence-corrected chi connectivity index (χ2v) is 3.43. The van der Waals surface area contributed by atoms with Gasteiger partial charge >= 0.3 is 0 Å². The molecule has 0 radical (unpaired) electrons. The Balaban J connectivity index is 2.24. The lowest BCUT2D eigenvalue weighted by molar-refractivity contribution is 0.376. The summed E-state index contributed by atoms with van der Waals surface area (Å²) in [6.07, 6.45) is 0. The summed E-state index contributed by atoms with van der Waals surface area (Å²) in [6, 6.07) is 15.0. The molecule has 2 rings (SSSR count). The van der Waals surface area contributed by atoms with E-state index in [1.54, 1.807) is 14.2 Å². The van der Waals surface area contributed by atoms with E-state index in [1.165, 1.54) is 0 Å². The van der Waals surface area contributed by atoms with Crippen molar-refractivity contribution < 1.29 is 14.2 Å². The third-order valence-electron chi connectivity index (χ3n) is 2.34. The first-order chi connectivity index (χ1) is 8.33. The molecule has 0 aliphatic rings. The van der Waals surface area contributed by atoms with Crippen LogP contribution in [-0.4, -0.2) is 14.2 Å². The number of benzene rings is 2. The van der Waals surface area contributed by atoms with Crippen LogP contribution in [0, 0.1) is 0 Å². The van der Waals surface area contributed by atoms with E-state index < -0.39 is 0 Å². The summed E-state index contributed by atoms with van der Waals surface area (Å²) in [5.74, 6) is 2.87. The lowest BCUT2D eigenvalue weighted by atomic mass is 10.3. The second-order valence-electron chi connectivity index (χ2n) is 3.43. The van der Waals surface area contributed by atoms with Crippen molar-refractivity contribution in [3.05, 3.63) is 48.5 Å². The predicted octanol–water partition coefficient (Wildman–Crippen LogP) is 3.50. The Kier molecular flexibility index (Phi) is 3.50. The van der Waals surface area contributed by atoms with Gasteiger partial charge in [-0.1, -0.05) is 18.2 Å². The van der Waals surface area contributed by atoms with Crippen LogP contribution in [0.2, 0.25) is 0 Å². The van der Waals surface area contributed by atoms with Crippen LogP contribution in [0.15, 0.2) is 48.5 Å². The molecule has 0 saturated heterocycles. The van der Waals surface area contributed by atoms with E-state index in [0.29, 0.717) is 17.2 Å². The minimum Gasteiger partial charge on any atom is -0.497 e. The van der Waals surface area contributed by atoms with E-state index in [1.807, 2.05) is 48.5 Å². The summed E-state index contributed by atoms with van der Waals surface area (Å²) < 4.78 is 16.1. The average Bonchev–Trinajstić information content (AvgIpc) is 2.39. The Bertz CT molecular complexity index is 494. The van der Waals surface area contributed by atoms with Crippen LogP contribution < -0.4 is 14.2 Å². The summed E-state index contributed by atoms with van der Waals surface area (Å²) in [7, 11) is 3.25. The van der Waals surface area contributed by atoms with Crippen LogP contribution in [0.25, 0.3) is 0 Å². The fourth-order valence-corrected chi connectivity index (χ4v) is 1.49. The first-order valence-electron chi connectivity index (χ1n) is 5.28. The van der Waals surface area contributed by atoms with E-state index >= 15 is 0 Å². The minimum absolute atomic E-state index is 0.684. The summed E-state index contributed by atoms with van der Waals surface area (Å²) in [5.41, 5.74) is 0. The number of methoxy groups -OCH3 is 2. The highest BCUT2D eigenvalue weighted by atomic mass is 16.5. The molecule has 0 spiro atoms. The largest absolute Gasteiger partial charge is 0.497 e. The zero-order valence-corrected chi connectivity index (χ0v) is 9.84. The maximum Gasteiger partial charge on any atom is 0.169 e. The molecule has 0 unspecified atom stereocenters. The van der Waals surface area contributed by atoms with Crippen molar-refractivity contribution in [2.45, 2.75) is 0 Å². The minimum atomic E-state index is 0.684. The SMILES string of the molecule is COc1cccc(Oc2ccccc2OC)c1. The van der Waals surface area contributed by atoms with Gasteiger partial charge in [0.05, 0.1) is 14.2 Å². The molecule has 0 saturated carbocycles. The van der Waals surface area contributed by atoms with Gasteiger partial charge in [0.1, 0.15) is 11.5 Å². The van der Waals surface area contributed by atoms with Gasteiger partial charge in [-0.3, -0.25) is 0 Å². The molecule has 0 heterocycles. The van der Waals surface area contributed by atoms with Gasteiger partial charge in [-0.25, -0.2) is 0 Å². The van der Waals surface area contributed by atoms with Crippen molar-refractivity contribution in [2.24, 2.45) is 0 Å². The zero-order valence-electron chi connectivity index (χ0n) is 9.84. The molecule has 0 atom stereocenters. The van der Waals surface area contributed by atoms with E-state index in [-0.39, 0.29) is 0 Å².